The highest BCUT2D eigenvalue weighted by molar-refractivity contribution is 5.70. The van der Waals surface area contributed by atoms with Gasteiger partial charge in [0.05, 0.1) is 6.61 Å². The molecule has 0 spiro atoms. The van der Waals surface area contributed by atoms with E-state index in [4.69, 9.17) is 9.47 Å². The van der Waals surface area contributed by atoms with E-state index in [2.05, 4.69) is 50.3 Å². The molecule has 0 aromatic carbocycles. The van der Waals surface area contributed by atoms with Crippen LogP contribution in [-0.4, -0.2) is 36.4 Å². The molecule has 0 aliphatic carbocycles. The molecule has 0 aromatic heterocycles. The number of allylic oxidation sites excluding steroid dienone is 6. The van der Waals surface area contributed by atoms with Gasteiger partial charge in [0.15, 0.2) is 6.10 Å². The van der Waals surface area contributed by atoms with Crippen LogP contribution in [0.4, 0.5) is 0 Å². The summed E-state index contributed by atoms with van der Waals surface area (Å²) in [5.41, 5.74) is 0. The summed E-state index contributed by atoms with van der Waals surface area (Å²) in [6.07, 6.45) is 40.5. The molecule has 1 atom stereocenters. The van der Waals surface area contributed by atoms with Gasteiger partial charge in [-0.3, -0.25) is 9.59 Å². The molecule has 0 unspecified atom stereocenters. The molecule has 1 N–H and O–H groups in total. The number of carbonyl (C=O) groups is 2. The summed E-state index contributed by atoms with van der Waals surface area (Å²) >= 11 is 0. The highest BCUT2D eigenvalue weighted by Gasteiger charge is 2.16. The third kappa shape index (κ3) is 32.9. The van der Waals surface area contributed by atoms with Crippen LogP contribution in [0.1, 0.15) is 174 Å². The molecular weight excluding hydrogens is 536 g/mol. The highest BCUT2D eigenvalue weighted by atomic mass is 16.6. The first-order valence-electron chi connectivity index (χ1n) is 18.0. The lowest BCUT2D eigenvalue weighted by molar-refractivity contribution is -0.161. The average Bonchev–Trinajstić information content (AvgIpc) is 3.01. The van der Waals surface area contributed by atoms with Crippen LogP contribution in [0.15, 0.2) is 36.5 Å². The Kier molecular flexibility index (Phi) is 33.1. The van der Waals surface area contributed by atoms with Crippen molar-refractivity contribution in [3.8, 4) is 0 Å². The second kappa shape index (κ2) is 34.6. The van der Waals surface area contributed by atoms with E-state index in [0.29, 0.717) is 12.8 Å². The molecule has 0 aromatic rings. The predicted octanol–water partition coefficient (Wildman–Crippen LogP) is 10.9. The van der Waals surface area contributed by atoms with Crippen LogP contribution in [0, 0.1) is 0 Å². The van der Waals surface area contributed by atoms with Crippen LogP contribution < -0.4 is 0 Å². The van der Waals surface area contributed by atoms with E-state index in [1.54, 1.807) is 0 Å². The Balaban J connectivity index is 3.59. The molecule has 43 heavy (non-hydrogen) atoms. The van der Waals surface area contributed by atoms with Crippen molar-refractivity contribution in [1.82, 2.24) is 0 Å². The van der Waals surface area contributed by atoms with Gasteiger partial charge in [-0.05, 0) is 44.9 Å². The topological polar surface area (TPSA) is 72.8 Å². The Hall–Kier alpha value is -1.88. The minimum Gasteiger partial charge on any atom is -0.462 e. The molecule has 0 saturated heterocycles. The van der Waals surface area contributed by atoms with Crippen LogP contribution in [0.2, 0.25) is 0 Å². The van der Waals surface area contributed by atoms with Gasteiger partial charge in [0, 0.05) is 12.8 Å². The smallest absolute Gasteiger partial charge is 0.306 e. The van der Waals surface area contributed by atoms with E-state index < -0.39 is 6.10 Å². The maximum absolute atomic E-state index is 12.1. The molecule has 0 aliphatic rings. The minimum atomic E-state index is -0.776. The summed E-state index contributed by atoms with van der Waals surface area (Å²) in [6.45, 7) is 4.00. The van der Waals surface area contributed by atoms with Gasteiger partial charge in [-0.1, -0.05) is 153 Å². The maximum Gasteiger partial charge on any atom is 0.306 e. The first-order valence-corrected chi connectivity index (χ1v) is 18.0. The van der Waals surface area contributed by atoms with Gasteiger partial charge in [-0.15, -0.1) is 0 Å². The first kappa shape index (κ1) is 41.1. The molecular formula is C38H68O5. The van der Waals surface area contributed by atoms with Crippen molar-refractivity contribution in [1.29, 1.82) is 0 Å². The summed E-state index contributed by atoms with van der Waals surface area (Å²) < 4.78 is 10.6. The monoisotopic (exact) mass is 605 g/mol. The number of hydrogen-bond donors (Lipinski definition) is 1. The van der Waals surface area contributed by atoms with Crippen molar-refractivity contribution >= 4 is 11.9 Å². The highest BCUT2D eigenvalue weighted by Crippen LogP contribution is 2.14. The molecule has 0 aliphatic heterocycles. The van der Waals surface area contributed by atoms with Crippen LogP contribution in [-0.2, 0) is 19.1 Å². The van der Waals surface area contributed by atoms with Crippen molar-refractivity contribution in [3.05, 3.63) is 36.5 Å². The zero-order valence-electron chi connectivity index (χ0n) is 28.2. The third-order valence-electron chi connectivity index (χ3n) is 7.70. The van der Waals surface area contributed by atoms with Crippen LogP contribution in [0.5, 0.6) is 0 Å². The maximum atomic E-state index is 12.1. The van der Waals surface area contributed by atoms with Gasteiger partial charge in [-0.25, -0.2) is 0 Å². The third-order valence-corrected chi connectivity index (χ3v) is 7.70. The Morgan fingerprint density at radius 1 is 0.558 bits per heavy atom. The average molecular weight is 605 g/mol. The molecule has 5 nitrogen and oxygen atoms in total. The quantitative estimate of drug-likeness (QED) is 0.0470. The standard InChI is InChI=1S/C38H68O5/c1-3-5-7-9-11-13-15-17-19-21-23-25-27-29-31-33-38(41)43-36(34-39)35-42-37(40)32-30-28-26-24-22-20-18-16-14-12-10-8-6-4-2/h5,7,11,13,17,19,36,39H,3-4,6,8-10,12,14-16,18,20-35H2,1-2H3/b7-5+,13-11+,19-17+/t36-/m0/s1. The molecule has 0 saturated carbocycles. The van der Waals surface area contributed by atoms with E-state index in [-0.39, 0.29) is 25.2 Å². The second-order valence-corrected chi connectivity index (χ2v) is 11.9. The summed E-state index contributed by atoms with van der Waals surface area (Å²) in [5, 5.41) is 9.52. The predicted molar refractivity (Wildman–Crippen MR) is 182 cm³/mol. The molecule has 0 bridgehead atoms. The fourth-order valence-corrected chi connectivity index (χ4v) is 4.98. The fraction of sp³-hybridized carbons (Fsp3) is 0.789. The Bertz CT molecular complexity index is 696. The first-order chi connectivity index (χ1) is 21.1. The van der Waals surface area contributed by atoms with E-state index in [9.17, 15) is 14.7 Å². The van der Waals surface area contributed by atoms with E-state index in [1.165, 1.54) is 77.0 Å². The van der Waals surface area contributed by atoms with E-state index in [0.717, 1.165) is 70.6 Å². The number of esters is 2. The van der Waals surface area contributed by atoms with Gasteiger partial charge in [-0.2, -0.15) is 0 Å². The van der Waals surface area contributed by atoms with Gasteiger partial charge in [0.25, 0.3) is 0 Å². The summed E-state index contributed by atoms with van der Waals surface area (Å²) in [5.74, 6) is -0.608. The van der Waals surface area contributed by atoms with E-state index >= 15 is 0 Å². The number of unbranched alkanes of at least 4 members (excludes halogenated alkanes) is 18. The summed E-state index contributed by atoms with van der Waals surface area (Å²) in [6, 6.07) is 0. The minimum absolute atomic E-state index is 0.0705. The lowest BCUT2D eigenvalue weighted by atomic mass is 10.0. The van der Waals surface area contributed by atoms with Crippen molar-refractivity contribution < 1.29 is 24.2 Å². The zero-order chi connectivity index (χ0) is 31.5. The molecule has 0 heterocycles. The van der Waals surface area contributed by atoms with E-state index in [1.807, 2.05) is 0 Å². The molecule has 250 valence electrons. The van der Waals surface area contributed by atoms with Gasteiger partial charge < -0.3 is 14.6 Å². The fourth-order valence-electron chi connectivity index (χ4n) is 4.98. The number of carbonyl (C=O) groups excluding carboxylic acids is 2. The lowest BCUT2D eigenvalue weighted by Gasteiger charge is -2.15. The van der Waals surface area contributed by atoms with Crippen LogP contribution in [0.3, 0.4) is 0 Å². The van der Waals surface area contributed by atoms with Crippen molar-refractivity contribution in [2.45, 2.75) is 180 Å². The molecule has 0 radical (unpaired) electrons. The zero-order valence-corrected chi connectivity index (χ0v) is 28.2. The van der Waals surface area contributed by atoms with Crippen molar-refractivity contribution in [3.63, 3.8) is 0 Å². The number of rotatable bonds is 32. The van der Waals surface area contributed by atoms with Crippen LogP contribution >= 0.6 is 0 Å². The van der Waals surface area contributed by atoms with Crippen LogP contribution in [0.25, 0.3) is 0 Å². The second-order valence-electron chi connectivity index (χ2n) is 11.9. The molecule has 0 fully saturated rings. The van der Waals surface area contributed by atoms with Crippen molar-refractivity contribution in [2.75, 3.05) is 13.2 Å². The number of aliphatic hydroxyl groups is 1. The Morgan fingerprint density at radius 2 is 1.00 bits per heavy atom. The van der Waals surface area contributed by atoms with Gasteiger partial charge in [0.1, 0.15) is 6.61 Å². The Morgan fingerprint density at radius 3 is 1.51 bits per heavy atom. The molecule has 0 rings (SSSR count). The van der Waals surface area contributed by atoms with Gasteiger partial charge >= 0.3 is 11.9 Å². The summed E-state index contributed by atoms with van der Waals surface area (Å²) in [7, 11) is 0. The molecule has 5 heteroatoms. The summed E-state index contributed by atoms with van der Waals surface area (Å²) in [4.78, 5) is 24.2. The normalized spacial score (nSPS) is 12.5. The SMILES string of the molecule is CC/C=C/C/C=C/C/C=C/CCCCCCCC(=O)O[C@@H](CO)COC(=O)CCCCCCCCCCCCCCCC. The number of aliphatic hydroxyl groups excluding tert-OH is 1. The largest absolute Gasteiger partial charge is 0.462 e. The van der Waals surface area contributed by atoms with Crippen molar-refractivity contribution in [2.24, 2.45) is 0 Å². The molecule has 0 amide bonds. The van der Waals surface area contributed by atoms with Gasteiger partial charge in [0.2, 0.25) is 0 Å². The number of hydrogen-bond acceptors (Lipinski definition) is 5. The number of ether oxygens (including phenoxy) is 2. The lowest BCUT2D eigenvalue weighted by Crippen LogP contribution is -2.28. The Labute approximate surface area is 266 Å².